The summed E-state index contributed by atoms with van der Waals surface area (Å²) >= 11 is 7.66. The lowest BCUT2D eigenvalue weighted by Gasteiger charge is -2.33. The molecule has 4 aromatic rings. The number of likely N-dealkylation sites (tertiary alicyclic amines) is 1. The summed E-state index contributed by atoms with van der Waals surface area (Å²) in [5, 5.41) is 4.64. The Labute approximate surface area is 258 Å². The molecule has 3 heterocycles. The molecule has 0 radical (unpaired) electrons. The van der Waals surface area contributed by atoms with Crippen LogP contribution in [0.15, 0.2) is 87.8 Å². The van der Waals surface area contributed by atoms with Crippen LogP contribution in [-0.2, 0) is 21.9 Å². The van der Waals surface area contributed by atoms with Crippen LogP contribution in [-0.4, -0.2) is 56.0 Å². The number of nitrogens with zero attached hydrogens (tertiary/aromatic N) is 3. The highest BCUT2D eigenvalue weighted by atomic mass is 35.5. The minimum Gasteiger partial charge on any atom is -0.364 e. The molecule has 2 fully saturated rings. The normalized spacial score (nSPS) is 21.6. The molecule has 1 saturated carbocycles. The molecule has 0 amide bonds. The number of hydrogen-bond acceptors (Lipinski definition) is 6. The largest absolute Gasteiger partial charge is 0.364 e. The van der Waals surface area contributed by atoms with Crippen molar-refractivity contribution in [1.29, 1.82) is 0 Å². The van der Waals surface area contributed by atoms with E-state index >= 15 is 0 Å². The molecule has 0 N–H and O–H groups in total. The van der Waals surface area contributed by atoms with Crippen molar-refractivity contribution in [3.05, 3.63) is 95.2 Å². The zero-order chi connectivity index (χ0) is 29.2. The Hall–Kier alpha value is -2.49. The molecule has 6 rings (SSSR count). The molecule has 2 aromatic heterocycles. The second-order valence-corrected chi connectivity index (χ2v) is 15.7. The van der Waals surface area contributed by atoms with Crippen molar-refractivity contribution in [3.63, 3.8) is 0 Å². The van der Waals surface area contributed by atoms with Gasteiger partial charge in [-0.1, -0.05) is 65.6 Å². The van der Waals surface area contributed by atoms with Gasteiger partial charge in [-0.25, -0.2) is 8.42 Å². The molecule has 0 unspecified atom stereocenters. The Kier molecular flexibility index (Phi) is 8.89. The van der Waals surface area contributed by atoms with E-state index in [-0.39, 0.29) is 5.41 Å². The van der Waals surface area contributed by atoms with Crippen molar-refractivity contribution in [1.82, 2.24) is 14.4 Å². The summed E-state index contributed by atoms with van der Waals surface area (Å²) in [5.74, 6) is 1.18. The maximum Gasteiger partial charge on any atom is 0.252 e. The molecule has 2 aromatic carbocycles. The topological polar surface area (TPSA) is 66.7 Å². The van der Waals surface area contributed by atoms with E-state index in [1.54, 1.807) is 25.2 Å². The lowest BCUT2D eigenvalue weighted by molar-refractivity contribution is 0.167. The van der Waals surface area contributed by atoms with Crippen LogP contribution >= 0.6 is 22.9 Å². The van der Waals surface area contributed by atoms with Crippen LogP contribution in [0.3, 0.4) is 0 Å². The zero-order valence-corrected chi connectivity index (χ0v) is 26.4. The number of thiophene rings is 1. The summed E-state index contributed by atoms with van der Waals surface area (Å²) in [6, 6.07) is 24.0. The number of hydrogen-bond donors (Lipinski definition) is 0. The molecule has 9 heteroatoms. The van der Waals surface area contributed by atoms with Gasteiger partial charge in [0.15, 0.2) is 0 Å². The van der Waals surface area contributed by atoms with Crippen LogP contribution in [0.2, 0.25) is 5.02 Å². The Balaban J connectivity index is 1.09. The Morgan fingerprint density at radius 3 is 2.62 bits per heavy atom. The summed E-state index contributed by atoms with van der Waals surface area (Å²) in [7, 11) is -1.96. The van der Waals surface area contributed by atoms with E-state index in [0.717, 1.165) is 48.8 Å². The Bertz CT molecular complexity index is 1570. The maximum absolute atomic E-state index is 13.7. The van der Waals surface area contributed by atoms with Crippen LogP contribution in [0.4, 0.5) is 0 Å². The first-order valence-electron chi connectivity index (χ1n) is 14.8. The first kappa shape index (κ1) is 29.6. The quantitative estimate of drug-likeness (QED) is 0.165. The van der Waals surface area contributed by atoms with Crippen molar-refractivity contribution >= 4 is 33.0 Å². The Morgan fingerprint density at radius 1 is 1.07 bits per heavy atom. The third-order valence-electron chi connectivity index (χ3n) is 9.18. The van der Waals surface area contributed by atoms with Crippen LogP contribution in [0.1, 0.15) is 43.2 Å². The van der Waals surface area contributed by atoms with Crippen molar-refractivity contribution < 1.29 is 12.9 Å². The fourth-order valence-corrected chi connectivity index (χ4v) is 9.55. The van der Waals surface area contributed by atoms with Crippen molar-refractivity contribution in [2.75, 3.05) is 33.2 Å². The molecule has 2 atom stereocenters. The lowest BCUT2D eigenvalue weighted by Crippen LogP contribution is -2.39. The van der Waals surface area contributed by atoms with Gasteiger partial charge in [0.25, 0.3) is 10.0 Å². The summed E-state index contributed by atoms with van der Waals surface area (Å²) in [6.07, 6.45) is 8.64. The average molecular weight is 624 g/mol. The van der Waals surface area contributed by atoms with Crippen LogP contribution in [0.5, 0.6) is 0 Å². The molecule has 42 heavy (non-hydrogen) atoms. The fraction of sp³-hybridized carbons (Fsp3) is 0.424. The second-order valence-electron chi connectivity index (χ2n) is 12.0. The predicted octanol–water partition coefficient (Wildman–Crippen LogP) is 7.37. The van der Waals surface area contributed by atoms with Gasteiger partial charge in [-0.3, -0.25) is 0 Å². The highest BCUT2D eigenvalue weighted by Crippen LogP contribution is 2.56. The van der Waals surface area contributed by atoms with Gasteiger partial charge in [0.1, 0.15) is 16.2 Å². The van der Waals surface area contributed by atoms with Gasteiger partial charge < -0.3 is 9.42 Å². The van der Waals surface area contributed by atoms with Gasteiger partial charge in [0.05, 0.1) is 4.88 Å². The predicted molar refractivity (Wildman–Crippen MR) is 169 cm³/mol. The SMILES string of the molecule is CN(C[C@@]1(c2cccc(Cl)c2)C[C@H]1CN1CCC(CCCc2ccccc2)CC1)S(=O)(=O)c1ccc(-c2ccon2)s1. The van der Waals surface area contributed by atoms with Crippen molar-refractivity contribution in [2.24, 2.45) is 11.8 Å². The van der Waals surface area contributed by atoms with E-state index in [1.165, 1.54) is 53.2 Å². The molecular weight excluding hydrogens is 586 g/mol. The van der Waals surface area contributed by atoms with E-state index in [2.05, 4.69) is 46.5 Å². The summed E-state index contributed by atoms with van der Waals surface area (Å²) in [4.78, 5) is 3.37. The van der Waals surface area contributed by atoms with Gasteiger partial charge in [-0.15, -0.1) is 11.3 Å². The molecule has 6 nitrogen and oxygen atoms in total. The van der Waals surface area contributed by atoms with Gasteiger partial charge in [-0.2, -0.15) is 4.31 Å². The maximum atomic E-state index is 13.7. The molecule has 1 aliphatic heterocycles. The van der Waals surface area contributed by atoms with Crippen LogP contribution in [0.25, 0.3) is 10.6 Å². The minimum atomic E-state index is -3.67. The second kappa shape index (κ2) is 12.6. The fourth-order valence-electron chi connectivity index (χ4n) is 6.64. The Morgan fingerprint density at radius 2 is 1.88 bits per heavy atom. The first-order chi connectivity index (χ1) is 20.3. The number of likely N-dealkylation sites (N-methyl/N-ethyl adjacent to an activating group) is 1. The summed E-state index contributed by atoms with van der Waals surface area (Å²) in [5.41, 5.74) is 2.96. The lowest BCUT2D eigenvalue weighted by atomic mass is 9.90. The van der Waals surface area contributed by atoms with Crippen LogP contribution in [0, 0.1) is 11.8 Å². The third kappa shape index (κ3) is 6.53. The van der Waals surface area contributed by atoms with E-state index in [1.807, 2.05) is 18.2 Å². The van der Waals surface area contributed by atoms with Crippen molar-refractivity contribution in [3.8, 4) is 10.6 Å². The summed E-state index contributed by atoms with van der Waals surface area (Å²) < 4.78 is 34.2. The van der Waals surface area contributed by atoms with Crippen molar-refractivity contribution in [2.45, 2.75) is 48.1 Å². The number of rotatable bonds is 12. The van der Waals surface area contributed by atoms with E-state index in [4.69, 9.17) is 16.1 Å². The highest BCUT2D eigenvalue weighted by Gasteiger charge is 2.57. The zero-order valence-electron chi connectivity index (χ0n) is 24.0. The van der Waals surface area contributed by atoms with Gasteiger partial charge in [-0.05, 0) is 92.4 Å². The molecule has 1 aliphatic carbocycles. The van der Waals surface area contributed by atoms with E-state index in [9.17, 15) is 8.42 Å². The minimum absolute atomic E-state index is 0.245. The smallest absolute Gasteiger partial charge is 0.252 e. The standard InChI is InChI=1S/C33H38ClN3O3S2/c1-36(42(38,39)32-14-13-31(41-32)30-17-20-40-35-30)24-33(27-11-6-12-29(34)21-27)22-28(33)23-37-18-15-26(16-19-37)10-5-9-25-7-3-2-4-8-25/h2-4,6-8,11-14,17,20-21,26,28H,5,9-10,15-16,18-19,22-24H2,1H3/t28-,33+/m0/s1. The molecular formula is C33H38ClN3O3S2. The summed E-state index contributed by atoms with van der Waals surface area (Å²) in [6.45, 7) is 3.65. The number of benzene rings is 2. The number of piperidine rings is 1. The van der Waals surface area contributed by atoms with Gasteiger partial charge in [0, 0.05) is 36.6 Å². The molecule has 1 saturated heterocycles. The van der Waals surface area contributed by atoms with Crippen LogP contribution < -0.4 is 0 Å². The molecule has 2 aliphatic rings. The molecule has 222 valence electrons. The van der Waals surface area contributed by atoms with E-state index in [0.29, 0.717) is 27.4 Å². The monoisotopic (exact) mass is 623 g/mol. The third-order valence-corrected chi connectivity index (χ3v) is 12.8. The molecule has 0 spiro atoms. The first-order valence-corrected chi connectivity index (χ1v) is 17.5. The van der Waals surface area contributed by atoms with E-state index < -0.39 is 10.0 Å². The van der Waals surface area contributed by atoms with Gasteiger partial charge in [0.2, 0.25) is 0 Å². The number of sulfonamides is 1. The number of aryl methyl sites for hydroxylation is 1. The highest BCUT2D eigenvalue weighted by molar-refractivity contribution is 7.91. The molecule has 0 bridgehead atoms. The number of halogens is 1. The average Bonchev–Trinajstić information content (AvgIpc) is 3.37. The number of aromatic nitrogens is 1. The van der Waals surface area contributed by atoms with Gasteiger partial charge >= 0.3 is 0 Å².